The largest absolute Gasteiger partial charge is 0.491 e. The number of aryl methyl sites for hydroxylation is 1. The van der Waals surface area contributed by atoms with E-state index in [1.807, 2.05) is 33.0 Å². The number of aromatic nitrogens is 2. The fourth-order valence-electron chi connectivity index (χ4n) is 2.41. The highest BCUT2D eigenvalue weighted by Gasteiger charge is 2.11. The fourth-order valence-corrected chi connectivity index (χ4v) is 2.41. The summed E-state index contributed by atoms with van der Waals surface area (Å²) in [7, 11) is 1.97. The van der Waals surface area contributed by atoms with Crippen molar-refractivity contribution in [3.05, 3.63) is 24.0 Å². The monoisotopic (exact) mass is 275 g/mol. The minimum atomic E-state index is 0.189. The van der Waals surface area contributed by atoms with Crippen LogP contribution in [0.5, 0.6) is 5.75 Å². The molecule has 2 aromatic rings. The topological polar surface area (TPSA) is 39.1 Å². The molecule has 1 aromatic heterocycles. The zero-order valence-electron chi connectivity index (χ0n) is 12.9. The van der Waals surface area contributed by atoms with Gasteiger partial charge >= 0.3 is 0 Å². The van der Waals surface area contributed by atoms with Gasteiger partial charge in [-0.3, -0.25) is 0 Å². The second-order valence-corrected chi connectivity index (χ2v) is 5.35. The normalized spacial score (nSPS) is 11.4. The van der Waals surface area contributed by atoms with Crippen LogP contribution in [0.3, 0.4) is 0 Å². The number of hydrogen-bond acceptors (Lipinski definition) is 3. The molecule has 0 aliphatic heterocycles. The van der Waals surface area contributed by atoms with Crippen LogP contribution in [-0.2, 0) is 13.0 Å². The fraction of sp³-hybridized carbons (Fsp3) is 0.562. The molecule has 0 radical (unpaired) electrons. The van der Waals surface area contributed by atoms with Crippen LogP contribution in [-0.4, -0.2) is 29.2 Å². The lowest BCUT2D eigenvalue weighted by Gasteiger charge is -2.10. The van der Waals surface area contributed by atoms with Crippen LogP contribution >= 0.6 is 0 Å². The van der Waals surface area contributed by atoms with Crippen molar-refractivity contribution in [3.8, 4) is 5.75 Å². The van der Waals surface area contributed by atoms with Gasteiger partial charge < -0.3 is 14.6 Å². The first-order valence-electron chi connectivity index (χ1n) is 7.46. The average Bonchev–Trinajstić information content (AvgIpc) is 2.73. The zero-order chi connectivity index (χ0) is 14.5. The summed E-state index contributed by atoms with van der Waals surface area (Å²) in [5, 5.41) is 3.19. The SMILES string of the molecule is CCCn1c(CCNC)nc2cc(OC(C)C)ccc21. The number of nitrogens with zero attached hydrogens (tertiary/aromatic N) is 2. The first-order chi connectivity index (χ1) is 9.65. The van der Waals surface area contributed by atoms with Gasteiger partial charge in [0.1, 0.15) is 11.6 Å². The lowest BCUT2D eigenvalue weighted by atomic mass is 10.3. The molecule has 0 amide bonds. The van der Waals surface area contributed by atoms with E-state index in [1.165, 1.54) is 5.52 Å². The van der Waals surface area contributed by atoms with Gasteiger partial charge in [-0.1, -0.05) is 6.92 Å². The lowest BCUT2D eigenvalue weighted by molar-refractivity contribution is 0.242. The number of ether oxygens (including phenoxy) is 1. The third kappa shape index (κ3) is 3.31. The third-order valence-electron chi connectivity index (χ3n) is 3.22. The molecule has 110 valence electrons. The standard InChI is InChI=1S/C16H25N3O/c1-5-10-19-15-7-6-13(20-12(2)3)11-14(15)18-16(19)8-9-17-4/h6-7,11-12,17H,5,8-10H2,1-4H3. The second kappa shape index (κ2) is 6.75. The number of nitrogens with one attached hydrogen (secondary N) is 1. The van der Waals surface area contributed by atoms with Crippen molar-refractivity contribution in [1.82, 2.24) is 14.9 Å². The van der Waals surface area contributed by atoms with E-state index in [0.717, 1.165) is 43.0 Å². The second-order valence-electron chi connectivity index (χ2n) is 5.35. The summed E-state index contributed by atoms with van der Waals surface area (Å²) in [6.45, 7) is 8.24. The Morgan fingerprint density at radius 2 is 2.15 bits per heavy atom. The van der Waals surface area contributed by atoms with E-state index >= 15 is 0 Å². The molecule has 1 N–H and O–H groups in total. The molecule has 0 atom stereocenters. The zero-order valence-corrected chi connectivity index (χ0v) is 12.9. The highest BCUT2D eigenvalue weighted by Crippen LogP contribution is 2.23. The summed E-state index contributed by atoms with van der Waals surface area (Å²) in [5.74, 6) is 2.05. The van der Waals surface area contributed by atoms with Crippen LogP contribution in [0.1, 0.15) is 33.0 Å². The molecule has 0 saturated carbocycles. The van der Waals surface area contributed by atoms with Gasteiger partial charge in [0.25, 0.3) is 0 Å². The van der Waals surface area contributed by atoms with Crippen LogP contribution in [0.25, 0.3) is 11.0 Å². The number of rotatable bonds is 7. The van der Waals surface area contributed by atoms with Gasteiger partial charge in [0.15, 0.2) is 0 Å². The maximum Gasteiger partial charge on any atom is 0.121 e. The van der Waals surface area contributed by atoms with E-state index in [9.17, 15) is 0 Å². The smallest absolute Gasteiger partial charge is 0.121 e. The van der Waals surface area contributed by atoms with E-state index in [0.29, 0.717) is 0 Å². The molecule has 0 fully saturated rings. The molecule has 2 rings (SSSR count). The van der Waals surface area contributed by atoms with Crippen molar-refractivity contribution in [1.29, 1.82) is 0 Å². The lowest BCUT2D eigenvalue weighted by Crippen LogP contribution is -2.14. The molecule has 20 heavy (non-hydrogen) atoms. The van der Waals surface area contributed by atoms with Crippen molar-refractivity contribution in [2.24, 2.45) is 0 Å². The van der Waals surface area contributed by atoms with Crippen LogP contribution < -0.4 is 10.1 Å². The Hall–Kier alpha value is -1.55. The van der Waals surface area contributed by atoms with Gasteiger partial charge in [-0.05, 0) is 39.4 Å². The molecule has 0 aliphatic rings. The molecular weight excluding hydrogens is 250 g/mol. The molecule has 0 bridgehead atoms. The summed E-state index contributed by atoms with van der Waals surface area (Å²) in [6, 6.07) is 6.21. The van der Waals surface area contributed by atoms with Crippen LogP contribution in [0.4, 0.5) is 0 Å². The van der Waals surface area contributed by atoms with Gasteiger partial charge in [-0.15, -0.1) is 0 Å². The summed E-state index contributed by atoms with van der Waals surface area (Å²) in [6.07, 6.45) is 2.25. The Bertz CT molecular complexity index is 560. The summed E-state index contributed by atoms with van der Waals surface area (Å²) in [4.78, 5) is 4.78. The maximum absolute atomic E-state index is 5.75. The Kier molecular flexibility index (Phi) is 5.01. The third-order valence-corrected chi connectivity index (χ3v) is 3.22. The molecule has 4 nitrogen and oxygen atoms in total. The van der Waals surface area contributed by atoms with Gasteiger partial charge in [0.2, 0.25) is 0 Å². The number of hydrogen-bond donors (Lipinski definition) is 1. The summed E-state index contributed by atoms with van der Waals surface area (Å²) < 4.78 is 8.08. The Morgan fingerprint density at radius 1 is 1.35 bits per heavy atom. The van der Waals surface area contributed by atoms with Gasteiger partial charge in [-0.25, -0.2) is 4.98 Å². The minimum Gasteiger partial charge on any atom is -0.491 e. The average molecular weight is 275 g/mol. The molecule has 0 saturated heterocycles. The van der Waals surface area contributed by atoms with Crippen molar-refractivity contribution < 1.29 is 4.74 Å². The van der Waals surface area contributed by atoms with E-state index in [1.54, 1.807) is 0 Å². The highest BCUT2D eigenvalue weighted by molar-refractivity contribution is 5.77. The van der Waals surface area contributed by atoms with E-state index in [4.69, 9.17) is 9.72 Å². The van der Waals surface area contributed by atoms with E-state index in [-0.39, 0.29) is 6.10 Å². The molecule has 4 heteroatoms. The first-order valence-corrected chi connectivity index (χ1v) is 7.46. The number of fused-ring (bicyclic) bond motifs is 1. The maximum atomic E-state index is 5.75. The van der Waals surface area contributed by atoms with Crippen molar-refractivity contribution in [2.45, 2.75) is 46.3 Å². The summed E-state index contributed by atoms with van der Waals surface area (Å²) >= 11 is 0. The molecule has 0 aliphatic carbocycles. The first kappa shape index (κ1) is 14.9. The van der Waals surface area contributed by atoms with Crippen LogP contribution in [0, 0.1) is 0 Å². The van der Waals surface area contributed by atoms with Gasteiger partial charge in [0.05, 0.1) is 17.1 Å². The number of imidazole rings is 1. The predicted molar refractivity (Wildman–Crippen MR) is 83.4 cm³/mol. The van der Waals surface area contributed by atoms with Crippen LogP contribution in [0.2, 0.25) is 0 Å². The minimum absolute atomic E-state index is 0.189. The molecule has 0 unspecified atom stereocenters. The van der Waals surface area contributed by atoms with E-state index < -0.39 is 0 Å². The van der Waals surface area contributed by atoms with Crippen molar-refractivity contribution in [3.63, 3.8) is 0 Å². The van der Waals surface area contributed by atoms with E-state index in [2.05, 4.69) is 22.9 Å². The Balaban J connectivity index is 2.38. The van der Waals surface area contributed by atoms with Gasteiger partial charge in [0, 0.05) is 25.6 Å². The van der Waals surface area contributed by atoms with Crippen molar-refractivity contribution in [2.75, 3.05) is 13.6 Å². The number of likely N-dealkylation sites (N-methyl/N-ethyl adjacent to an activating group) is 1. The van der Waals surface area contributed by atoms with Crippen LogP contribution in [0.15, 0.2) is 18.2 Å². The molecule has 1 heterocycles. The molecule has 1 aromatic carbocycles. The summed E-state index contributed by atoms with van der Waals surface area (Å²) in [5.41, 5.74) is 2.23. The predicted octanol–water partition coefficient (Wildman–Crippen LogP) is 3.00. The molecule has 0 spiro atoms. The van der Waals surface area contributed by atoms with Crippen molar-refractivity contribution >= 4 is 11.0 Å². The Morgan fingerprint density at radius 3 is 2.80 bits per heavy atom. The Labute approximate surface area is 121 Å². The molecular formula is C16H25N3O. The highest BCUT2D eigenvalue weighted by atomic mass is 16.5. The quantitative estimate of drug-likeness (QED) is 0.844. The number of benzene rings is 1. The van der Waals surface area contributed by atoms with Gasteiger partial charge in [-0.2, -0.15) is 0 Å².